The van der Waals surface area contributed by atoms with Crippen LogP contribution >= 0.6 is 0 Å². The molecule has 0 saturated heterocycles. The SMILES string of the molecule is CCCCCC/C=C\C/C=C\CCCCCCCCCC(=O)OC(COC(=O)CCCCCCC/C=C\CCCCCCCCC)COC(=O)CCCCCCCCCCCC/C=C\C/C=C\C/C=C\CCCCCCC. The summed E-state index contributed by atoms with van der Waals surface area (Å²) in [7, 11) is 0. The maximum Gasteiger partial charge on any atom is 0.306 e. The zero-order valence-corrected chi connectivity index (χ0v) is 51.2. The fraction of sp³-hybridized carbons (Fsp3) is 0.789. The van der Waals surface area contributed by atoms with Crippen LogP contribution in [0.4, 0.5) is 0 Å². The summed E-state index contributed by atoms with van der Waals surface area (Å²) in [4.78, 5) is 38.4. The van der Waals surface area contributed by atoms with Gasteiger partial charge in [-0.1, -0.05) is 280 Å². The van der Waals surface area contributed by atoms with Gasteiger partial charge < -0.3 is 14.2 Å². The van der Waals surface area contributed by atoms with E-state index in [1.54, 1.807) is 0 Å². The van der Waals surface area contributed by atoms with Gasteiger partial charge in [-0.3, -0.25) is 14.4 Å². The minimum Gasteiger partial charge on any atom is -0.462 e. The second-order valence-electron chi connectivity index (χ2n) is 22.4. The average molecular weight is 1080 g/mol. The van der Waals surface area contributed by atoms with E-state index in [1.165, 1.54) is 212 Å². The van der Waals surface area contributed by atoms with Gasteiger partial charge in [-0.2, -0.15) is 0 Å². The van der Waals surface area contributed by atoms with Gasteiger partial charge in [-0.05, 0) is 116 Å². The molecule has 0 heterocycles. The third kappa shape index (κ3) is 63.6. The van der Waals surface area contributed by atoms with Gasteiger partial charge in [0, 0.05) is 19.3 Å². The molecule has 6 heteroatoms. The topological polar surface area (TPSA) is 78.9 Å². The monoisotopic (exact) mass is 1070 g/mol. The Balaban J connectivity index is 4.35. The van der Waals surface area contributed by atoms with E-state index in [-0.39, 0.29) is 31.1 Å². The van der Waals surface area contributed by atoms with E-state index in [4.69, 9.17) is 14.2 Å². The summed E-state index contributed by atoms with van der Waals surface area (Å²) in [5.41, 5.74) is 0. The summed E-state index contributed by atoms with van der Waals surface area (Å²) < 4.78 is 17.0. The summed E-state index contributed by atoms with van der Waals surface area (Å²) in [6, 6.07) is 0. The van der Waals surface area contributed by atoms with E-state index in [9.17, 15) is 14.4 Å². The molecule has 0 aliphatic carbocycles. The molecule has 1 unspecified atom stereocenters. The van der Waals surface area contributed by atoms with Crippen molar-refractivity contribution in [1.82, 2.24) is 0 Å². The summed E-state index contributed by atoms with van der Waals surface area (Å²) >= 11 is 0. The largest absolute Gasteiger partial charge is 0.462 e. The molecule has 0 saturated carbocycles. The standard InChI is InChI=1S/C71H126O6/c1-4-7-10-13-16-19-22-25-28-31-33-34-35-36-37-38-39-41-43-46-49-52-55-58-61-64-70(73)76-67-68(66-75-69(72)63-60-57-54-51-48-45-42-30-27-24-21-18-15-12-9-6-3)77-71(74)65-62-59-56-53-50-47-44-40-32-29-26-23-20-17-14-11-8-5-2/h20,22-23,25,29-33,35-36,42,68H,4-19,21,24,26-28,34,37-41,43-67H2,1-3H3/b23-20-,25-22-,32-29-,33-31-,36-35-,42-30-. The Labute approximate surface area is 478 Å². The Morgan fingerprint density at radius 2 is 0.468 bits per heavy atom. The number of esters is 3. The van der Waals surface area contributed by atoms with Crippen LogP contribution in [-0.4, -0.2) is 37.2 Å². The summed E-state index contributed by atoms with van der Waals surface area (Å²) in [6.07, 6.45) is 84.8. The van der Waals surface area contributed by atoms with Crippen molar-refractivity contribution in [3.63, 3.8) is 0 Å². The van der Waals surface area contributed by atoms with Gasteiger partial charge in [-0.25, -0.2) is 0 Å². The van der Waals surface area contributed by atoms with Crippen molar-refractivity contribution in [3.05, 3.63) is 72.9 Å². The molecule has 0 amide bonds. The van der Waals surface area contributed by atoms with Gasteiger partial charge in [0.1, 0.15) is 13.2 Å². The number of hydrogen-bond donors (Lipinski definition) is 0. The van der Waals surface area contributed by atoms with Crippen molar-refractivity contribution in [3.8, 4) is 0 Å². The number of carbonyl (C=O) groups excluding carboxylic acids is 3. The molecular formula is C71H126O6. The van der Waals surface area contributed by atoms with Crippen LogP contribution in [0.1, 0.15) is 342 Å². The highest BCUT2D eigenvalue weighted by atomic mass is 16.6. The highest BCUT2D eigenvalue weighted by molar-refractivity contribution is 5.71. The fourth-order valence-electron chi connectivity index (χ4n) is 9.59. The molecule has 0 bridgehead atoms. The van der Waals surface area contributed by atoms with Crippen LogP contribution in [0.15, 0.2) is 72.9 Å². The molecule has 0 aliphatic rings. The Kier molecular flexibility index (Phi) is 62.7. The van der Waals surface area contributed by atoms with Crippen LogP contribution < -0.4 is 0 Å². The maximum absolute atomic E-state index is 12.9. The third-order valence-electron chi connectivity index (χ3n) is 14.7. The first-order chi connectivity index (χ1) is 38.0. The molecular weight excluding hydrogens is 949 g/mol. The van der Waals surface area contributed by atoms with Crippen LogP contribution in [-0.2, 0) is 28.6 Å². The zero-order chi connectivity index (χ0) is 55.7. The van der Waals surface area contributed by atoms with Gasteiger partial charge in [0.2, 0.25) is 0 Å². The lowest BCUT2D eigenvalue weighted by Crippen LogP contribution is -2.30. The second kappa shape index (κ2) is 65.4. The van der Waals surface area contributed by atoms with Gasteiger partial charge >= 0.3 is 17.9 Å². The predicted octanol–water partition coefficient (Wildman–Crippen LogP) is 22.9. The molecule has 6 nitrogen and oxygen atoms in total. The molecule has 0 aromatic carbocycles. The number of ether oxygens (including phenoxy) is 3. The van der Waals surface area contributed by atoms with Crippen molar-refractivity contribution in [2.24, 2.45) is 0 Å². The first-order valence-electron chi connectivity index (χ1n) is 33.4. The summed E-state index contributed by atoms with van der Waals surface area (Å²) in [6.45, 7) is 6.63. The molecule has 0 aliphatic heterocycles. The quantitative estimate of drug-likeness (QED) is 0.0261. The smallest absolute Gasteiger partial charge is 0.306 e. The molecule has 446 valence electrons. The molecule has 0 radical (unpaired) electrons. The van der Waals surface area contributed by atoms with Crippen LogP contribution in [0.3, 0.4) is 0 Å². The Bertz CT molecular complexity index is 1420. The number of allylic oxidation sites excluding steroid dienone is 12. The Hall–Kier alpha value is -3.15. The van der Waals surface area contributed by atoms with E-state index in [1.807, 2.05) is 0 Å². The van der Waals surface area contributed by atoms with E-state index in [0.717, 1.165) is 89.9 Å². The zero-order valence-electron chi connectivity index (χ0n) is 51.2. The predicted molar refractivity (Wildman–Crippen MR) is 335 cm³/mol. The number of rotatable bonds is 61. The summed E-state index contributed by atoms with van der Waals surface area (Å²) in [5, 5.41) is 0. The van der Waals surface area contributed by atoms with Crippen LogP contribution in [0.2, 0.25) is 0 Å². The van der Waals surface area contributed by atoms with Gasteiger partial charge in [0.05, 0.1) is 0 Å². The number of unbranched alkanes of at least 4 members (excludes halogenated alkanes) is 38. The number of carbonyl (C=O) groups is 3. The molecule has 0 aromatic heterocycles. The highest BCUT2D eigenvalue weighted by Gasteiger charge is 2.19. The molecule has 0 aromatic rings. The van der Waals surface area contributed by atoms with Crippen LogP contribution in [0.5, 0.6) is 0 Å². The van der Waals surface area contributed by atoms with Crippen molar-refractivity contribution >= 4 is 17.9 Å². The van der Waals surface area contributed by atoms with Crippen molar-refractivity contribution in [2.75, 3.05) is 13.2 Å². The fourth-order valence-corrected chi connectivity index (χ4v) is 9.59. The molecule has 0 N–H and O–H groups in total. The average Bonchev–Trinajstić information content (AvgIpc) is 3.43. The van der Waals surface area contributed by atoms with Crippen molar-refractivity contribution in [1.29, 1.82) is 0 Å². The van der Waals surface area contributed by atoms with Crippen molar-refractivity contribution in [2.45, 2.75) is 348 Å². The first kappa shape index (κ1) is 73.8. The third-order valence-corrected chi connectivity index (χ3v) is 14.7. The minimum atomic E-state index is -0.786. The molecule has 0 spiro atoms. The van der Waals surface area contributed by atoms with Gasteiger partial charge in [0.25, 0.3) is 0 Å². The van der Waals surface area contributed by atoms with E-state index < -0.39 is 6.10 Å². The molecule has 1 atom stereocenters. The van der Waals surface area contributed by atoms with E-state index in [0.29, 0.717) is 19.3 Å². The lowest BCUT2D eigenvalue weighted by atomic mass is 10.1. The Morgan fingerprint density at radius 1 is 0.260 bits per heavy atom. The van der Waals surface area contributed by atoms with E-state index >= 15 is 0 Å². The lowest BCUT2D eigenvalue weighted by molar-refractivity contribution is -0.167. The lowest BCUT2D eigenvalue weighted by Gasteiger charge is -2.18. The molecule has 0 fully saturated rings. The van der Waals surface area contributed by atoms with Crippen LogP contribution in [0, 0.1) is 0 Å². The highest BCUT2D eigenvalue weighted by Crippen LogP contribution is 2.16. The normalized spacial score (nSPS) is 12.5. The van der Waals surface area contributed by atoms with Crippen molar-refractivity contribution < 1.29 is 28.6 Å². The van der Waals surface area contributed by atoms with Gasteiger partial charge in [0.15, 0.2) is 6.10 Å². The summed E-state index contributed by atoms with van der Waals surface area (Å²) in [5.74, 6) is -0.886. The molecule has 77 heavy (non-hydrogen) atoms. The van der Waals surface area contributed by atoms with E-state index in [2.05, 4.69) is 93.7 Å². The number of hydrogen-bond acceptors (Lipinski definition) is 6. The first-order valence-corrected chi connectivity index (χ1v) is 33.4. The maximum atomic E-state index is 12.9. The molecule has 0 rings (SSSR count). The minimum absolute atomic E-state index is 0.0819. The van der Waals surface area contributed by atoms with Crippen LogP contribution in [0.25, 0.3) is 0 Å². The van der Waals surface area contributed by atoms with Gasteiger partial charge in [-0.15, -0.1) is 0 Å². The Morgan fingerprint density at radius 3 is 0.753 bits per heavy atom. The second-order valence-corrected chi connectivity index (χ2v) is 22.4.